The molecule has 0 fully saturated rings. The molecule has 0 spiro atoms. The molecule has 0 aromatic heterocycles. The molecule has 0 saturated carbocycles. The number of ether oxygens (including phenoxy) is 1. The molecule has 1 rings (SSSR count). The minimum Gasteiger partial charge on any atom is -0.493 e. The first-order chi connectivity index (χ1) is 8.85. The summed E-state index contributed by atoms with van der Waals surface area (Å²) in [5.74, 6) is 0.763. The first kappa shape index (κ1) is 15.8. The van der Waals surface area contributed by atoms with Gasteiger partial charge in [-0.25, -0.2) is 0 Å². The molecular weight excluding hydrogens is 260 g/mol. The minimum atomic E-state index is -0.375. The Kier molecular flexibility index (Phi) is 5.65. The van der Waals surface area contributed by atoms with Crippen LogP contribution in [0.3, 0.4) is 0 Å². The predicted molar refractivity (Wildman–Crippen MR) is 78.3 cm³/mol. The Balaban J connectivity index is 2.73. The van der Waals surface area contributed by atoms with E-state index in [1.54, 1.807) is 0 Å². The molecule has 0 saturated heterocycles. The summed E-state index contributed by atoms with van der Waals surface area (Å²) in [4.78, 5) is 0. The lowest BCUT2D eigenvalue weighted by atomic mass is 9.92. The van der Waals surface area contributed by atoms with Crippen molar-refractivity contribution in [3.05, 3.63) is 28.8 Å². The van der Waals surface area contributed by atoms with Crippen LogP contribution in [0.1, 0.15) is 32.8 Å². The maximum absolute atomic E-state index is 8.97. The Morgan fingerprint density at radius 1 is 1.47 bits per heavy atom. The van der Waals surface area contributed by atoms with Crippen LogP contribution in [0.4, 0.5) is 0 Å². The number of rotatable bonds is 6. The van der Waals surface area contributed by atoms with Crippen molar-refractivity contribution in [1.82, 2.24) is 0 Å². The van der Waals surface area contributed by atoms with Gasteiger partial charge in [0.05, 0.1) is 18.1 Å². The zero-order valence-electron chi connectivity index (χ0n) is 11.7. The average molecular weight is 281 g/mol. The van der Waals surface area contributed by atoms with Crippen LogP contribution >= 0.6 is 11.6 Å². The topological polar surface area (TPSA) is 59.0 Å². The lowest BCUT2D eigenvalue weighted by Gasteiger charge is -2.18. The maximum atomic E-state index is 8.97. The molecule has 0 aliphatic heterocycles. The van der Waals surface area contributed by atoms with Gasteiger partial charge in [-0.3, -0.25) is 0 Å². The van der Waals surface area contributed by atoms with Crippen molar-refractivity contribution in [1.29, 1.82) is 5.26 Å². The second-order valence-corrected chi connectivity index (χ2v) is 5.90. The monoisotopic (exact) mass is 280 g/mol. The van der Waals surface area contributed by atoms with Crippen molar-refractivity contribution in [2.75, 3.05) is 6.61 Å². The van der Waals surface area contributed by atoms with Gasteiger partial charge < -0.3 is 10.5 Å². The fourth-order valence-electron chi connectivity index (χ4n) is 1.67. The van der Waals surface area contributed by atoms with E-state index in [9.17, 15) is 0 Å². The number of hydrogen-bond donors (Lipinski definition) is 1. The van der Waals surface area contributed by atoms with Gasteiger partial charge in [0.1, 0.15) is 5.75 Å². The molecule has 2 N–H and O–H groups in total. The largest absolute Gasteiger partial charge is 0.493 e. The van der Waals surface area contributed by atoms with Crippen molar-refractivity contribution in [3.8, 4) is 11.8 Å². The molecule has 0 heterocycles. The molecule has 104 valence electrons. The van der Waals surface area contributed by atoms with Gasteiger partial charge in [-0.1, -0.05) is 17.7 Å². The van der Waals surface area contributed by atoms with Crippen molar-refractivity contribution in [2.24, 2.45) is 11.1 Å². The Bertz CT molecular complexity index is 464. The molecule has 0 radical (unpaired) electrons. The van der Waals surface area contributed by atoms with Gasteiger partial charge in [-0.05, 0) is 45.7 Å². The van der Waals surface area contributed by atoms with Gasteiger partial charge in [0.15, 0.2) is 0 Å². The first-order valence-corrected chi connectivity index (χ1v) is 6.80. The Morgan fingerprint density at radius 3 is 2.74 bits per heavy atom. The molecule has 1 atom stereocenters. The van der Waals surface area contributed by atoms with Crippen molar-refractivity contribution >= 4 is 11.6 Å². The third-order valence-corrected chi connectivity index (χ3v) is 3.24. The van der Waals surface area contributed by atoms with Gasteiger partial charge in [-0.2, -0.15) is 5.26 Å². The van der Waals surface area contributed by atoms with Crippen LogP contribution in [-0.2, 0) is 6.42 Å². The van der Waals surface area contributed by atoms with E-state index in [0.717, 1.165) is 11.3 Å². The lowest BCUT2D eigenvalue weighted by Crippen LogP contribution is -2.19. The van der Waals surface area contributed by atoms with Crippen LogP contribution in [-0.4, -0.2) is 12.6 Å². The van der Waals surface area contributed by atoms with Gasteiger partial charge in [0.25, 0.3) is 0 Å². The molecular formula is C15H21ClN2O. The van der Waals surface area contributed by atoms with E-state index in [2.05, 4.69) is 6.07 Å². The highest BCUT2D eigenvalue weighted by atomic mass is 35.5. The number of hydrogen-bond acceptors (Lipinski definition) is 3. The second-order valence-electron chi connectivity index (χ2n) is 5.49. The zero-order valence-corrected chi connectivity index (χ0v) is 12.5. The summed E-state index contributed by atoms with van der Waals surface area (Å²) < 4.78 is 5.77. The quantitative estimate of drug-likeness (QED) is 0.867. The normalized spacial score (nSPS) is 12.8. The second kappa shape index (κ2) is 6.79. The molecule has 3 nitrogen and oxygen atoms in total. The first-order valence-electron chi connectivity index (χ1n) is 6.43. The van der Waals surface area contributed by atoms with Gasteiger partial charge in [0, 0.05) is 16.6 Å². The molecule has 1 unspecified atom stereocenters. The number of halogens is 1. The van der Waals surface area contributed by atoms with E-state index in [1.807, 2.05) is 39.0 Å². The number of nitrogens with zero attached hydrogens (tertiary/aromatic N) is 1. The smallest absolute Gasteiger partial charge is 0.124 e. The minimum absolute atomic E-state index is 0.0257. The van der Waals surface area contributed by atoms with Crippen LogP contribution in [0.25, 0.3) is 0 Å². The zero-order chi connectivity index (χ0) is 14.5. The van der Waals surface area contributed by atoms with Gasteiger partial charge >= 0.3 is 0 Å². The highest BCUT2D eigenvalue weighted by molar-refractivity contribution is 6.31. The summed E-state index contributed by atoms with van der Waals surface area (Å²) in [5.41, 5.74) is 6.39. The molecule has 19 heavy (non-hydrogen) atoms. The molecule has 0 aliphatic carbocycles. The standard InChI is InChI=1S/C15H21ClN2O/c1-11(18)9-12-13(16)5-4-6-14(12)19-8-7-15(2,3)10-17/h4-6,11H,7-9,18H2,1-3H3. The molecule has 0 amide bonds. The van der Waals surface area contributed by atoms with Crippen LogP contribution in [0, 0.1) is 16.7 Å². The van der Waals surface area contributed by atoms with Crippen LogP contribution in [0.2, 0.25) is 5.02 Å². The SMILES string of the molecule is CC(N)Cc1c(Cl)cccc1OCCC(C)(C)C#N. The van der Waals surface area contributed by atoms with E-state index in [4.69, 9.17) is 27.3 Å². The summed E-state index contributed by atoms with van der Waals surface area (Å²) in [7, 11) is 0. The third-order valence-electron chi connectivity index (χ3n) is 2.89. The van der Waals surface area contributed by atoms with Gasteiger partial charge in [0.2, 0.25) is 0 Å². The number of nitrogens with two attached hydrogens (primary N) is 1. The highest BCUT2D eigenvalue weighted by Crippen LogP contribution is 2.28. The van der Waals surface area contributed by atoms with E-state index < -0.39 is 0 Å². The number of nitriles is 1. The third kappa shape index (κ3) is 5.10. The van der Waals surface area contributed by atoms with Crippen LogP contribution in [0.15, 0.2) is 18.2 Å². The van der Waals surface area contributed by atoms with Crippen LogP contribution < -0.4 is 10.5 Å². The van der Waals surface area contributed by atoms with E-state index in [-0.39, 0.29) is 11.5 Å². The summed E-state index contributed by atoms with van der Waals surface area (Å²) >= 11 is 6.18. The van der Waals surface area contributed by atoms with Gasteiger partial charge in [-0.15, -0.1) is 0 Å². The van der Waals surface area contributed by atoms with Crippen molar-refractivity contribution in [3.63, 3.8) is 0 Å². The summed E-state index contributed by atoms with van der Waals surface area (Å²) in [5, 5.41) is 9.64. The fourth-order valence-corrected chi connectivity index (χ4v) is 1.91. The van der Waals surface area contributed by atoms with E-state index in [1.165, 1.54) is 0 Å². The molecule has 0 bridgehead atoms. The summed E-state index contributed by atoms with van der Waals surface area (Å²) in [6, 6.07) is 7.87. The molecule has 4 heteroatoms. The van der Waals surface area contributed by atoms with E-state index in [0.29, 0.717) is 24.5 Å². The fraction of sp³-hybridized carbons (Fsp3) is 0.533. The lowest BCUT2D eigenvalue weighted by molar-refractivity contribution is 0.262. The highest BCUT2D eigenvalue weighted by Gasteiger charge is 2.17. The Morgan fingerprint density at radius 2 is 2.16 bits per heavy atom. The number of benzene rings is 1. The maximum Gasteiger partial charge on any atom is 0.124 e. The van der Waals surface area contributed by atoms with Crippen molar-refractivity contribution < 1.29 is 4.74 Å². The van der Waals surface area contributed by atoms with Crippen LogP contribution in [0.5, 0.6) is 5.75 Å². The summed E-state index contributed by atoms with van der Waals surface area (Å²) in [6.45, 7) is 6.23. The molecule has 0 aliphatic rings. The average Bonchev–Trinajstić information content (AvgIpc) is 2.33. The Hall–Kier alpha value is -1.24. The molecule has 1 aromatic rings. The van der Waals surface area contributed by atoms with Crippen molar-refractivity contribution in [2.45, 2.75) is 39.7 Å². The van der Waals surface area contributed by atoms with E-state index >= 15 is 0 Å². The summed E-state index contributed by atoms with van der Waals surface area (Å²) in [6.07, 6.45) is 1.35. The molecule has 1 aromatic carbocycles. The Labute approximate surface area is 120 Å². The predicted octanol–water partition coefficient (Wildman–Crippen LogP) is 3.55.